The third-order valence-electron chi connectivity index (χ3n) is 3.57. The van der Waals surface area contributed by atoms with Gasteiger partial charge < -0.3 is 10.1 Å². The van der Waals surface area contributed by atoms with Gasteiger partial charge >= 0.3 is 0 Å². The molecule has 0 spiro atoms. The summed E-state index contributed by atoms with van der Waals surface area (Å²) < 4.78 is 5.89. The Balaban J connectivity index is 2.07. The summed E-state index contributed by atoms with van der Waals surface area (Å²) in [4.78, 5) is 0. The fourth-order valence-electron chi connectivity index (χ4n) is 2.66. The number of nitrogens with one attached hydrogen (secondary N) is 1. The first-order valence-corrected chi connectivity index (χ1v) is 8.73. The van der Waals surface area contributed by atoms with Gasteiger partial charge in [0.2, 0.25) is 0 Å². The lowest BCUT2D eigenvalue weighted by Crippen LogP contribution is -2.35. The van der Waals surface area contributed by atoms with Gasteiger partial charge in [0, 0.05) is 11.8 Å². The van der Waals surface area contributed by atoms with Crippen LogP contribution in [0.3, 0.4) is 0 Å². The second kappa shape index (κ2) is 6.75. The van der Waals surface area contributed by atoms with E-state index in [1.165, 1.54) is 23.5 Å². The van der Waals surface area contributed by atoms with Crippen molar-refractivity contribution in [2.45, 2.75) is 46.6 Å². The van der Waals surface area contributed by atoms with Gasteiger partial charge in [-0.05, 0) is 48.6 Å². The molecule has 1 aliphatic rings. The van der Waals surface area contributed by atoms with Crippen molar-refractivity contribution in [3.8, 4) is 5.75 Å². The van der Waals surface area contributed by atoms with Crippen LogP contribution in [-0.4, -0.2) is 24.2 Å². The summed E-state index contributed by atoms with van der Waals surface area (Å²) in [5, 5.41) is 3.70. The van der Waals surface area contributed by atoms with E-state index < -0.39 is 0 Å². The Morgan fingerprint density at radius 3 is 2.90 bits per heavy atom. The first-order valence-electron chi connectivity index (χ1n) is 7.58. The lowest BCUT2D eigenvalue weighted by molar-refractivity contribution is 0.317. The molecule has 112 valence electrons. The fourth-order valence-corrected chi connectivity index (χ4v) is 3.93. The lowest BCUT2D eigenvalue weighted by atomic mass is 9.87. The highest BCUT2D eigenvalue weighted by Crippen LogP contribution is 2.36. The summed E-state index contributed by atoms with van der Waals surface area (Å²) >= 11 is 2.05. The van der Waals surface area contributed by atoms with E-state index in [0.717, 1.165) is 24.5 Å². The Morgan fingerprint density at radius 1 is 1.40 bits per heavy atom. The molecule has 3 heteroatoms. The summed E-state index contributed by atoms with van der Waals surface area (Å²) in [6.07, 6.45) is 2.26. The van der Waals surface area contributed by atoms with Crippen LogP contribution in [0.1, 0.15) is 39.2 Å². The molecule has 1 N–H and O–H groups in total. The molecule has 0 saturated carbocycles. The minimum atomic E-state index is 0.426. The third-order valence-corrected chi connectivity index (χ3v) is 5.19. The number of ether oxygens (including phenoxy) is 1. The summed E-state index contributed by atoms with van der Waals surface area (Å²) in [6, 6.07) is 6.99. The first-order chi connectivity index (χ1) is 9.50. The van der Waals surface area contributed by atoms with Crippen LogP contribution in [0.15, 0.2) is 18.2 Å². The lowest BCUT2D eigenvalue weighted by Gasteiger charge is -2.35. The van der Waals surface area contributed by atoms with Gasteiger partial charge in [0.15, 0.2) is 0 Å². The van der Waals surface area contributed by atoms with Gasteiger partial charge in [0.05, 0.1) is 12.3 Å². The molecule has 2 rings (SSSR count). The highest BCUT2D eigenvalue weighted by molar-refractivity contribution is 7.99. The van der Waals surface area contributed by atoms with Crippen LogP contribution >= 0.6 is 11.8 Å². The van der Waals surface area contributed by atoms with Crippen LogP contribution in [0.25, 0.3) is 0 Å². The zero-order valence-electron chi connectivity index (χ0n) is 13.2. The molecular weight excluding hydrogens is 266 g/mol. The predicted octanol–water partition coefficient (Wildman–Crippen LogP) is 4.73. The topological polar surface area (TPSA) is 21.3 Å². The highest BCUT2D eigenvalue weighted by atomic mass is 32.2. The van der Waals surface area contributed by atoms with Crippen molar-refractivity contribution in [2.75, 3.05) is 23.4 Å². The number of benzene rings is 1. The molecule has 1 aliphatic heterocycles. The fraction of sp³-hybridized carbons (Fsp3) is 0.647. The summed E-state index contributed by atoms with van der Waals surface area (Å²) in [6.45, 7) is 9.75. The van der Waals surface area contributed by atoms with Crippen molar-refractivity contribution in [1.29, 1.82) is 0 Å². The zero-order chi connectivity index (χ0) is 14.6. The van der Waals surface area contributed by atoms with Crippen LogP contribution in [0.5, 0.6) is 5.75 Å². The van der Waals surface area contributed by atoms with Crippen LogP contribution in [-0.2, 0) is 0 Å². The molecular formula is C17H27NOS. The number of aryl methyl sites for hydroxylation is 1. The molecule has 0 amide bonds. The van der Waals surface area contributed by atoms with E-state index >= 15 is 0 Å². The smallest absolute Gasteiger partial charge is 0.142 e. The van der Waals surface area contributed by atoms with Gasteiger partial charge in [-0.15, -0.1) is 0 Å². The molecule has 1 aromatic rings. The van der Waals surface area contributed by atoms with E-state index in [-0.39, 0.29) is 0 Å². The van der Waals surface area contributed by atoms with Gasteiger partial charge in [-0.2, -0.15) is 11.8 Å². The Labute approximate surface area is 127 Å². The molecule has 2 nitrogen and oxygen atoms in total. The Morgan fingerprint density at radius 2 is 2.20 bits per heavy atom. The first kappa shape index (κ1) is 15.6. The quantitative estimate of drug-likeness (QED) is 0.848. The molecule has 1 saturated heterocycles. The maximum atomic E-state index is 5.89. The van der Waals surface area contributed by atoms with Crippen molar-refractivity contribution in [3.63, 3.8) is 0 Å². The number of rotatable bonds is 5. The SMILES string of the molecule is CCCOc1cc(C)ccc1NC1CSCC(C)(C)C1. The Bertz CT molecular complexity index is 445. The van der Waals surface area contributed by atoms with Gasteiger partial charge in [0.1, 0.15) is 5.75 Å². The summed E-state index contributed by atoms with van der Waals surface area (Å²) in [7, 11) is 0. The standard InChI is InChI=1S/C17H27NOS/c1-5-8-19-16-9-13(2)6-7-15(16)18-14-10-17(3,4)12-20-11-14/h6-7,9,14,18H,5,8,10-12H2,1-4H3. The number of thioether (sulfide) groups is 1. The molecule has 1 aromatic carbocycles. The molecule has 1 atom stereocenters. The predicted molar refractivity (Wildman–Crippen MR) is 90.1 cm³/mol. The molecule has 0 aliphatic carbocycles. The van der Waals surface area contributed by atoms with Crippen molar-refractivity contribution >= 4 is 17.4 Å². The molecule has 1 unspecified atom stereocenters. The normalized spacial score (nSPS) is 21.5. The van der Waals surface area contributed by atoms with E-state index in [2.05, 4.69) is 63.0 Å². The second-order valence-electron chi connectivity index (χ2n) is 6.57. The molecule has 1 heterocycles. The van der Waals surface area contributed by atoms with E-state index in [0.29, 0.717) is 11.5 Å². The maximum absolute atomic E-state index is 5.89. The molecule has 1 fully saturated rings. The van der Waals surface area contributed by atoms with E-state index in [1.54, 1.807) is 0 Å². The van der Waals surface area contributed by atoms with Crippen LogP contribution < -0.4 is 10.1 Å². The van der Waals surface area contributed by atoms with Crippen LogP contribution in [0.2, 0.25) is 0 Å². The van der Waals surface area contributed by atoms with Gasteiger partial charge in [-0.1, -0.05) is 26.8 Å². The van der Waals surface area contributed by atoms with Crippen LogP contribution in [0, 0.1) is 12.3 Å². The average molecular weight is 293 g/mol. The van der Waals surface area contributed by atoms with E-state index in [9.17, 15) is 0 Å². The van der Waals surface area contributed by atoms with Gasteiger partial charge in [-0.3, -0.25) is 0 Å². The highest BCUT2D eigenvalue weighted by Gasteiger charge is 2.28. The molecule has 20 heavy (non-hydrogen) atoms. The molecule has 0 radical (unpaired) electrons. The Hall–Kier alpha value is -0.830. The number of hydrogen-bond donors (Lipinski definition) is 1. The number of hydrogen-bond acceptors (Lipinski definition) is 3. The van der Waals surface area contributed by atoms with Crippen molar-refractivity contribution in [3.05, 3.63) is 23.8 Å². The number of anilines is 1. The van der Waals surface area contributed by atoms with E-state index in [1.807, 2.05) is 0 Å². The van der Waals surface area contributed by atoms with Crippen molar-refractivity contribution in [1.82, 2.24) is 0 Å². The second-order valence-corrected chi connectivity index (χ2v) is 7.60. The van der Waals surface area contributed by atoms with Crippen molar-refractivity contribution in [2.24, 2.45) is 5.41 Å². The zero-order valence-corrected chi connectivity index (χ0v) is 14.0. The minimum absolute atomic E-state index is 0.426. The maximum Gasteiger partial charge on any atom is 0.142 e. The van der Waals surface area contributed by atoms with E-state index in [4.69, 9.17) is 4.74 Å². The minimum Gasteiger partial charge on any atom is -0.491 e. The third kappa shape index (κ3) is 4.34. The Kier molecular flexibility index (Phi) is 5.25. The van der Waals surface area contributed by atoms with Gasteiger partial charge in [-0.25, -0.2) is 0 Å². The largest absolute Gasteiger partial charge is 0.491 e. The molecule has 0 aromatic heterocycles. The molecule has 0 bridgehead atoms. The van der Waals surface area contributed by atoms with Crippen LogP contribution in [0.4, 0.5) is 5.69 Å². The average Bonchev–Trinajstić information content (AvgIpc) is 2.38. The summed E-state index contributed by atoms with van der Waals surface area (Å²) in [5.74, 6) is 3.45. The summed E-state index contributed by atoms with van der Waals surface area (Å²) in [5.41, 5.74) is 2.82. The monoisotopic (exact) mass is 293 g/mol. The van der Waals surface area contributed by atoms with Gasteiger partial charge in [0.25, 0.3) is 0 Å². The van der Waals surface area contributed by atoms with Crippen molar-refractivity contribution < 1.29 is 4.74 Å².